The number of rotatable bonds is 11. The first-order valence-corrected chi connectivity index (χ1v) is 11.9. The van der Waals surface area contributed by atoms with Crippen LogP contribution in [0.1, 0.15) is 36.5 Å². The number of amides is 2. The molecule has 0 spiro atoms. The van der Waals surface area contributed by atoms with Crippen molar-refractivity contribution in [1.29, 1.82) is 0 Å². The van der Waals surface area contributed by atoms with Crippen molar-refractivity contribution in [2.75, 3.05) is 6.54 Å². The molecule has 3 rings (SSSR count). The second-order valence-corrected chi connectivity index (χ2v) is 8.74. The third-order valence-electron chi connectivity index (χ3n) is 5.61. The lowest BCUT2D eigenvalue weighted by Gasteiger charge is -2.31. The second-order valence-electron chi connectivity index (χ2n) is 8.30. The fraction of sp³-hybridized carbons (Fsp3) is 0.286. The highest BCUT2D eigenvalue weighted by Gasteiger charge is 2.30. The number of nitrogens with one attached hydrogen (secondary N) is 1. The Morgan fingerprint density at radius 2 is 1.65 bits per heavy atom. The van der Waals surface area contributed by atoms with Crippen LogP contribution < -0.4 is 5.32 Å². The highest BCUT2D eigenvalue weighted by atomic mass is 35.5. The molecule has 0 radical (unpaired) electrons. The lowest BCUT2D eigenvalue weighted by Crippen LogP contribution is -2.51. The van der Waals surface area contributed by atoms with Gasteiger partial charge in [0.1, 0.15) is 11.9 Å². The van der Waals surface area contributed by atoms with E-state index in [0.29, 0.717) is 18.0 Å². The molecule has 3 aromatic rings. The molecule has 6 heteroatoms. The van der Waals surface area contributed by atoms with Gasteiger partial charge in [-0.3, -0.25) is 9.59 Å². The normalized spacial score (nSPS) is 11.6. The summed E-state index contributed by atoms with van der Waals surface area (Å²) in [6.07, 6.45) is 2.30. The molecule has 0 aliphatic heterocycles. The van der Waals surface area contributed by atoms with Gasteiger partial charge in [-0.1, -0.05) is 79.5 Å². The van der Waals surface area contributed by atoms with E-state index < -0.39 is 6.04 Å². The standard InChI is InChI=1S/C28H30ClFN2O2/c1-2-3-16-31-28(34)26(18-21-8-5-4-6-9-21)32(20-22-12-14-25(30)15-13-22)27(33)19-23-10-7-11-24(29)17-23/h4-15,17,26H,2-3,16,18-20H2,1H3,(H,31,34). The van der Waals surface area contributed by atoms with Crippen LogP contribution in [0.4, 0.5) is 4.39 Å². The van der Waals surface area contributed by atoms with Crippen LogP contribution >= 0.6 is 11.6 Å². The summed E-state index contributed by atoms with van der Waals surface area (Å²) in [4.78, 5) is 28.5. The maximum atomic E-state index is 13.6. The van der Waals surface area contributed by atoms with E-state index in [0.717, 1.165) is 29.5 Å². The Labute approximate surface area is 205 Å². The van der Waals surface area contributed by atoms with E-state index >= 15 is 0 Å². The average Bonchev–Trinajstić information content (AvgIpc) is 2.83. The van der Waals surface area contributed by atoms with E-state index in [9.17, 15) is 14.0 Å². The van der Waals surface area contributed by atoms with Crippen molar-refractivity contribution >= 4 is 23.4 Å². The lowest BCUT2D eigenvalue weighted by atomic mass is 10.0. The first-order valence-electron chi connectivity index (χ1n) is 11.6. The molecule has 178 valence electrons. The molecule has 34 heavy (non-hydrogen) atoms. The summed E-state index contributed by atoms with van der Waals surface area (Å²) < 4.78 is 13.5. The topological polar surface area (TPSA) is 49.4 Å². The molecular formula is C28H30ClFN2O2. The van der Waals surface area contributed by atoms with Crippen LogP contribution in [0.3, 0.4) is 0 Å². The Kier molecular flexibility index (Phi) is 9.65. The quantitative estimate of drug-likeness (QED) is 0.364. The summed E-state index contributed by atoms with van der Waals surface area (Å²) in [5.74, 6) is -0.740. The minimum Gasteiger partial charge on any atom is -0.354 e. The van der Waals surface area contributed by atoms with Crippen molar-refractivity contribution in [2.24, 2.45) is 0 Å². The van der Waals surface area contributed by atoms with Crippen LogP contribution in [0.2, 0.25) is 5.02 Å². The van der Waals surface area contributed by atoms with Crippen molar-refractivity contribution in [1.82, 2.24) is 10.2 Å². The number of carbonyl (C=O) groups excluding carboxylic acids is 2. The van der Waals surface area contributed by atoms with Gasteiger partial charge in [0.25, 0.3) is 0 Å². The zero-order valence-electron chi connectivity index (χ0n) is 19.3. The third-order valence-corrected chi connectivity index (χ3v) is 5.85. The number of hydrogen-bond acceptors (Lipinski definition) is 2. The second kappa shape index (κ2) is 12.9. The Morgan fingerprint density at radius 3 is 2.32 bits per heavy atom. The molecule has 0 heterocycles. The fourth-order valence-electron chi connectivity index (χ4n) is 3.77. The molecule has 3 aromatic carbocycles. The third kappa shape index (κ3) is 7.70. The smallest absolute Gasteiger partial charge is 0.243 e. The highest BCUT2D eigenvalue weighted by Crippen LogP contribution is 2.18. The number of unbranched alkanes of at least 4 members (excludes halogenated alkanes) is 1. The van der Waals surface area contributed by atoms with Crippen LogP contribution in [0.5, 0.6) is 0 Å². The van der Waals surface area contributed by atoms with Gasteiger partial charge >= 0.3 is 0 Å². The molecule has 0 saturated heterocycles. The average molecular weight is 481 g/mol. The van der Waals surface area contributed by atoms with Crippen molar-refractivity contribution in [3.63, 3.8) is 0 Å². The summed E-state index contributed by atoms with van der Waals surface area (Å²) >= 11 is 6.12. The first-order chi connectivity index (χ1) is 16.5. The van der Waals surface area contributed by atoms with Crippen molar-refractivity contribution in [3.05, 3.63) is 106 Å². The summed E-state index contributed by atoms with van der Waals surface area (Å²) in [5.41, 5.74) is 2.48. The molecule has 0 aliphatic rings. The number of hydrogen-bond donors (Lipinski definition) is 1. The van der Waals surface area contributed by atoms with Gasteiger partial charge in [-0.15, -0.1) is 0 Å². The maximum absolute atomic E-state index is 13.6. The van der Waals surface area contributed by atoms with E-state index in [1.165, 1.54) is 12.1 Å². The molecule has 1 atom stereocenters. The zero-order valence-corrected chi connectivity index (χ0v) is 20.1. The van der Waals surface area contributed by atoms with Gasteiger partial charge in [-0.05, 0) is 47.4 Å². The van der Waals surface area contributed by atoms with E-state index in [-0.39, 0.29) is 30.6 Å². The molecule has 0 aromatic heterocycles. The fourth-order valence-corrected chi connectivity index (χ4v) is 3.98. The van der Waals surface area contributed by atoms with Gasteiger partial charge in [-0.2, -0.15) is 0 Å². The van der Waals surface area contributed by atoms with Gasteiger partial charge in [0, 0.05) is 24.5 Å². The first kappa shape index (κ1) is 25.4. The maximum Gasteiger partial charge on any atom is 0.243 e. The molecule has 0 aliphatic carbocycles. The molecule has 1 N–H and O–H groups in total. The van der Waals surface area contributed by atoms with Crippen molar-refractivity contribution in [2.45, 2.75) is 45.2 Å². The minimum atomic E-state index is -0.712. The number of nitrogens with zero attached hydrogens (tertiary/aromatic N) is 1. The Balaban J connectivity index is 1.93. The molecule has 0 saturated carbocycles. The summed E-state index contributed by atoms with van der Waals surface area (Å²) in [6.45, 7) is 2.80. The van der Waals surface area contributed by atoms with Gasteiger partial charge in [-0.25, -0.2) is 4.39 Å². The van der Waals surface area contributed by atoms with Crippen LogP contribution in [0.25, 0.3) is 0 Å². The Hall–Kier alpha value is -3.18. The SMILES string of the molecule is CCCCNC(=O)C(Cc1ccccc1)N(Cc1ccc(F)cc1)C(=O)Cc1cccc(Cl)c1. The molecule has 4 nitrogen and oxygen atoms in total. The number of benzene rings is 3. The van der Waals surface area contributed by atoms with Gasteiger partial charge < -0.3 is 10.2 Å². The number of carbonyl (C=O) groups is 2. The molecule has 0 bridgehead atoms. The van der Waals surface area contributed by atoms with E-state index in [1.54, 1.807) is 35.2 Å². The van der Waals surface area contributed by atoms with Crippen LogP contribution in [0, 0.1) is 5.82 Å². The largest absolute Gasteiger partial charge is 0.354 e. The Morgan fingerprint density at radius 1 is 0.941 bits per heavy atom. The van der Waals surface area contributed by atoms with Crippen LogP contribution in [-0.2, 0) is 29.0 Å². The molecule has 2 amide bonds. The Bertz CT molecular complexity index is 1070. The van der Waals surface area contributed by atoms with Crippen molar-refractivity contribution < 1.29 is 14.0 Å². The summed E-state index contributed by atoms with van der Waals surface area (Å²) in [6, 6.07) is 22.1. The molecule has 0 fully saturated rings. The van der Waals surface area contributed by atoms with Crippen LogP contribution in [-0.4, -0.2) is 29.3 Å². The van der Waals surface area contributed by atoms with E-state index in [2.05, 4.69) is 12.2 Å². The van der Waals surface area contributed by atoms with Gasteiger partial charge in [0.05, 0.1) is 6.42 Å². The van der Waals surface area contributed by atoms with Crippen molar-refractivity contribution in [3.8, 4) is 0 Å². The summed E-state index contributed by atoms with van der Waals surface area (Å²) in [7, 11) is 0. The zero-order chi connectivity index (χ0) is 24.3. The lowest BCUT2D eigenvalue weighted by molar-refractivity contribution is -0.140. The molecular weight excluding hydrogens is 451 g/mol. The van der Waals surface area contributed by atoms with Gasteiger partial charge in [0.15, 0.2) is 0 Å². The summed E-state index contributed by atoms with van der Waals surface area (Å²) in [5, 5.41) is 3.54. The van der Waals surface area contributed by atoms with E-state index in [4.69, 9.17) is 11.6 Å². The molecule has 1 unspecified atom stereocenters. The monoisotopic (exact) mass is 480 g/mol. The predicted molar refractivity (Wildman–Crippen MR) is 134 cm³/mol. The highest BCUT2D eigenvalue weighted by molar-refractivity contribution is 6.30. The van der Waals surface area contributed by atoms with Gasteiger partial charge in [0.2, 0.25) is 11.8 Å². The number of halogens is 2. The minimum absolute atomic E-state index is 0.106. The predicted octanol–water partition coefficient (Wildman–Crippen LogP) is 5.58. The van der Waals surface area contributed by atoms with Crippen LogP contribution in [0.15, 0.2) is 78.9 Å². The van der Waals surface area contributed by atoms with E-state index in [1.807, 2.05) is 36.4 Å².